The van der Waals surface area contributed by atoms with E-state index in [0.29, 0.717) is 36.0 Å². The molecule has 0 saturated carbocycles. The molecule has 0 aliphatic rings. The van der Waals surface area contributed by atoms with Gasteiger partial charge in [0.15, 0.2) is 23.0 Å². The van der Waals surface area contributed by atoms with Crippen molar-refractivity contribution in [3.63, 3.8) is 0 Å². The van der Waals surface area contributed by atoms with E-state index in [0.717, 1.165) is 11.1 Å². The van der Waals surface area contributed by atoms with Gasteiger partial charge < -0.3 is 20.5 Å². The summed E-state index contributed by atoms with van der Waals surface area (Å²) in [7, 11) is 3.17. The van der Waals surface area contributed by atoms with Crippen molar-refractivity contribution >= 4 is 23.3 Å². The van der Waals surface area contributed by atoms with Crippen LogP contribution in [0.2, 0.25) is 5.02 Å². The molecule has 0 fully saturated rings. The second-order valence-electron chi connectivity index (χ2n) is 6.31. The zero-order valence-electron chi connectivity index (χ0n) is 16.2. The average molecular weight is 416 g/mol. The molecule has 8 nitrogen and oxygen atoms in total. The van der Waals surface area contributed by atoms with Gasteiger partial charge in [-0.2, -0.15) is 0 Å². The first-order valence-electron chi connectivity index (χ1n) is 8.94. The number of nitrogens with two attached hydrogens (primary N) is 1. The highest BCUT2D eigenvalue weighted by molar-refractivity contribution is 6.30. The summed E-state index contributed by atoms with van der Waals surface area (Å²) in [6, 6.07) is 13.0. The molecule has 1 amide bonds. The molecule has 1 heterocycles. The molecule has 0 bridgehead atoms. The monoisotopic (exact) mass is 415 g/mol. The summed E-state index contributed by atoms with van der Waals surface area (Å²) in [5.74, 6) is 1.13. The number of benzene rings is 2. The highest BCUT2D eigenvalue weighted by Gasteiger charge is 2.17. The summed E-state index contributed by atoms with van der Waals surface area (Å²) in [5.41, 5.74) is 8.07. The van der Waals surface area contributed by atoms with Gasteiger partial charge in [-0.05, 0) is 41.8 Å². The van der Waals surface area contributed by atoms with Crippen molar-refractivity contribution in [3.05, 3.63) is 64.3 Å². The lowest BCUT2D eigenvalue weighted by atomic mass is 10.1. The Kier molecular flexibility index (Phi) is 6.56. The molecule has 1 aromatic heterocycles. The first-order valence-corrected chi connectivity index (χ1v) is 9.32. The van der Waals surface area contributed by atoms with Crippen LogP contribution >= 0.6 is 11.6 Å². The van der Waals surface area contributed by atoms with Gasteiger partial charge in [-0.3, -0.25) is 4.79 Å². The molecule has 0 radical (unpaired) electrons. The fraction of sp³-hybridized carbons (Fsp3) is 0.250. The van der Waals surface area contributed by atoms with Gasteiger partial charge >= 0.3 is 0 Å². The number of amides is 1. The van der Waals surface area contributed by atoms with E-state index in [2.05, 4.69) is 15.6 Å². The third-order valence-electron chi connectivity index (χ3n) is 4.36. The van der Waals surface area contributed by atoms with Crippen LogP contribution in [0.3, 0.4) is 0 Å². The van der Waals surface area contributed by atoms with E-state index in [1.807, 2.05) is 36.4 Å². The minimum atomic E-state index is -0.375. The van der Waals surface area contributed by atoms with Crippen molar-refractivity contribution < 1.29 is 14.3 Å². The summed E-state index contributed by atoms with van der Waals surface area (Å²) >= 11 is 5.99. The Labute approximate surface area is 173 Å². The van der Waals surface area contributed by atoms with Gasteiger partial charge in [-0.25, -0.2) is 4.68 Å². The van der Waals surface area contributed by atoms with Crippen LogP contribution in [0.25, 0.3) is 0 Å². The zero-order chi connectivity index (χ0) is 20.8. The summed E-state index contributed by atoms with van der Waals surface area (Å²) in [6.07, 6.45) is 0.614. The van der Waals surface area contributed by atoms with E-state index in [1.54, 1.807) is 20.3 Å². The molecule has 0 unspecified atom stereocenters. The van der Waals surface area contributed by atoms with Gasteiger partial charge in [0.2, 0.25) is 0 Å². The van der Waals surface area contributed by atoms with Crippen LogP contribution in [0.1, 0.15) is 21.6 Å². The number of halogens is 1. The van der Waals surface area contributed by atoms with E-state index in [-0.39, 0.29) is 17.4 Å². The normalized spacial score (nSPS) is 10.6. The molecule has 29 heavy (non-hydrogen) atoms. The van der Waals surface area contributed by atoms with E-state index in [4.69, 9.17) is 26.8 Å². The van der Waals surface area contributed by atoms with Crippen molar-refractivity contribution in [1.82, 2.24) is 20.3 Å². The molecule has 0 saturated heterocycles. The predicted octanol–water partition coefficient (Wildman–Crippen LogP) is 2.55. The maximum absolute atomic E-state index is 12.4. The highest BCUT2D eigenvalue weighted by atomic mass is 35.5. The number of ether oxygens (including phenoxy) is 2. The SMILES string of the molecule is COc1ccc(CCNC(=O)c2nnn(Cc3cccc(Cl)c3)c2N)cc1OC. The average Bonchev–Trinajstić information content (AvgIpc) is 3.08. The maximum Gasteiger partial charge on any atom is 0.275 e. The number of hydrogen-bond donors (Lipinski definition) is 2. The fourth-order valence-electron chi connectivity index (χ4n) is 2.85. The van der Waals surface area contributed by atoms with Crippen LogP contribution in [-0.4, -0.2) is 41.7 Å². The highest BCUT2D eigenvalue weighted by Crippen LogP contribution is 2.27. The number of nitrogens with zero attached hydrogens (tertiary/aromatic N) is 3. The third kappa shape index (κ3) is 4.97. The number of carbonyl (C=O) groups excluding carboxylic acids is 1. The second kappa shape index (κ2) is 9.29. The van der Waals surface area contributed by atoms with Crippen molar-refractivity contribution in [3.8, 4) is 11.5 Å². The third-order valence-corrected chi connectivity index (χ3v) is 4.59. The molecular formula is C20H22ClN5O3. The number of rotatable bonds is 8. The first kappa shape index (κ1) is 20.5. The van der Waals surface area contributed by atoms with Gasteiger partial charge in [0.05, 0.1) is 20.8 Å². The van der Waals surface area contributed by atoms with E-state index < -0.39 is 0 Å². The van der Waals surface area contributed by atoms with Crippen molar-refractivity contribution in [2.45, 2.75) is 13.0 Å². The molecule has 9 heteroatoms. The van der Waals surface area contributed by atoms with Crippen molar-refractivity contribution in [2.24, 2.45) is 0 Å². The topological polar surface area (TPSA) is 104 Å². The minimum absolute atomic E-state index is 0.0966. The van der Waals surface area contributed by atoms with Gasteiger partial charge in [-0.15, -0.1) is 5.10 Å². The molecule has 0 spiro atoms. The predicted molar refractivity (Wildman–Crippen MR) is 111 cm³/mol. The molecule has 3 aromatic rings. The van der Waals surface area contributed by atoms with Crippen LogP contribution in [0, 0.1) is 0 Å². The Morgan fingerprint density at radius 1 is 1.14 bits per heavy atom. The summed E-state index contributed by atoms with van der Waals surface area (Å²) in [6.45, 7) is 0.785. The van der Waals surface area contributed by atoms with E-state index >= 15 is 0 Å². The zero-order valence-corrected chi connectivity index (χ0v) is 16.9. The Bertz CT molecular complexity index is 1010. The molecule has 0 aliphatic heterocycles. The number of carbonyl (C=O) groups is 1. The summed E-state index contributed by atoms with van der Waals surface area (Å²) in [4.78, 5) is 12.4. The smallest absolute Gasteiger partial charge is 0.275 e. The van der Waals surface area contributed by atoms with Gasteiger partial charge in [0.25, 0.3) is 5.91 Å². The molecule has 2 aromatic carbocycles. The Balaban J connectivity index is 1.59. The van der Waals surface area contributed by atoms with Gasteiger partial charge in [-0.1, -0.05) is 35.0 Å². The number of anilines is 1. The fourth-order valence-corrected chi connectivity index (χ4v) is 3.06. The Morgan fingerprint density at radius 2 is 1.93 bits per heavy atom. The number of hydrogen-bond acceptors (Lipinski definition) is 6. The molecule has 152 valence electrons. The Hall–Kier alpha value is -3.26. The lowest BCUT2D eigenvalue weighted by Gasteiger charge is -2.10. The van der Waals surface area contributed by atoms with Gasteiger partial charge in [0, 0.05) is 11.6 Å². The van der Waals surface area contributed by atoms with Crippen molar-refractivity contribution in [2.75, 3.05) is 26.5 Å². The number of aromatic nitrogens is 3. The second-order valence-corrected chi connectivity index (χ2v) is 6.74. The number of nitrogen functional groups attached to an aromatic ring is 1. The van der Waals surface area contributed by atoms with E-state index in [9.17, 15) is 4.79 Å². The van der Waals surface area contributed by atoms with Crippen LogP contribution in [0.15, 0.2) is 42.5 Å². The molecule has 3 N–H and O–H groups in total. The van der Waals surface area contributed by atoms with Crippen LogP contribution in [-0.2, 0) is 13.0 Å². The number of nitrogens with one attached hydrogen (secondary N) is 1. The lowest BCUT2D eigenvalue weighted by Crippen LogP contribution is -2.27. The Morgan fingerprint density at radius 3 is 2.66 bits per heavy atom. The lowest BCUT2D eigenvalue weighted by molar-refractivity contribution is 0.0950. The molecular weight excluding hydrogens is 394 g/mol. The van der Waals surface area contributed by atoms with Crippen LogP contribution < -0.4 is 20.5 Å². The van der Waals surface area contributed by atoms with Gasteiger partial charge in [0.1, 0.15) is 0 Å². The first-order chi connectivity index (χ1) is 14.0. The maximum atomic E-state index is 12.4. The summed E-state index contributed by atoms with van der Waals surface area (Å²) in [5, 5.41) is 11.3. The largest absolute Gasteiger partial charge is 0.493 e. The minimum Gasteiger partial charge on any atom is -0.493 e. The number of methoxy groups -OCH3 is 2. The molecule has 0 atom stereocenters. The molecule has 0 aliphatic carbocycles. The molecule has 3 rings (SSSR count). The summed E-state index contributed by atoms with van der Waals surface area (Å²) < 4.78 is 12.0. The quantitative estimate of drug-likeness (QED) is 0.586. The van der Waals surface area contributed by atoms with Crippen LogP contribution in [0.4, 0.5) is 5.82 Å². The van der Waals surface area contributed by atoms with Crippen LogP contribution in [0.5, 0.6) is 11.5 Å². The van der Waals surface area contributed by atoms with Crippen molar-refractivity contribution in [1.29, 1.82) is 0 Å². The standard InChI is InChI=1S/C20H22ClN5O3/c1-28-16-7-6-13(11-17(16)29-2)8-9-23-20(27)18-19(22)26(25-24-18)12-14-4-3-5-15(21)10-14/h3-7,10-11H,8-9,12,22H2,1-2H3,(H,23,27). The van der Waals surface area contributed by atoms with E-state index in [1.165, 1.54) is 4.68 Å².